The Kier molecular flexibility index (Phi) is 3.62. The average molecular weight is 329 g/mol. The molecular formula is C14H15N7OS. The summed E-state index contributed by atoms with van der Waals surface area (Å²) in [5, 5.41) is 17.7. The highest BCUT2D eigenvalue weighted by Gasteiger charge is 2.26. The van der Waals surface area contributed by atoms with Crippen LogP contribution < -0.4 is 10.2 Å². The van der Waals surface area contributed by atoms with E-state index < -0.39 is 0 Å². The van der Waals surface area contributed by atoms with E-state index in [1.807, 2.05) is 17.5 Å². The maximum atomic E-state index is 12.2. The highest BCUT2D eigenvalue weighted by atomic mass is 32.1. The van der Waals surface area contributed by atoms with Gasteiger partial charge in [0, 0.05) is 30.6 Å². The Bertz CT molecular complexity index is 808. The van der Waals surface area contributed by atoms with Gasteiger partial charge in [0.2, 0.25) is 5.91 Å². The molecule has 0 bridgehead atoms. The highest BCUT2D eigenvalue weighted by Crippen LogP contribution is 2.23. The fraction of sp³-hybridized carbons (Fsp3) is 0.357. The Hall–Kier alpha value is -2.55. The van der Waals surface area contributed by atoms with E-state index in [0.717, 1.165) is 37.4 Å². The van der Waals surface area contributed by atoms with Crippen molar-refractivity contribution in [2.45, 2.75) is 12.8 Å². The van der Waals surface area contributed by atoms with E-state index in [1.165, 1.54) is 11.3 Å². The molecule has 0 aromatic carbocycles. The SMILES string of the molecule is O=C(Nc1nccs1)C1CCN(c2ccc3nncn3n2)CC1. The number of hydrogen-bond donors (Lipinski definition) is 1. The van der Waals surface area contributed by atoms with Gasteiger partial charge in [-0.3, -0.25) is 4.79 Å². The Labute approximate surface area is 136 Å². The number of nitrogens with one attached hydrogen (secondary N) is 1. The largest absolute Gasteiger partial charge is 0.355 e. The maximum absolute atomic E-state index is 12.2. The summed E-state index contributed by atoms with van der Waals surface area (Å²) in [5.41, 5.74) is 0.728. The summed E-state index contributed by atoms with van der Waals surface area (Å²) in [7, 11) is 0. The molecule has 1 fully saturated rings. The first kappa shape index (κ1) is 14.1. The number of amides is 1. The zero-order valence-electron chi connectivity index (χ0n) is 12.3. The van der Waals surface area contributed by atoms with E-state index in [4.69, 9.17) is 0 Å². The quantitative estimate of drug-likeness (QED) is 0.782. The number of carbonyl (C=O) groups is 1. The molecule has 1 saturated heterocycles. The van der Waals surface area contributed by atoms with Crippen LogP contribution in [0.15, 0.2) is 30.0 Å². The normalized spacial score (nSPS) is 15.9. The number of aromatic nitrogens is 5. The van der Waals surface area contributed by atoms with Crippen molar-refractivity contribution in [3.63, 3.8) is 0 Å². The number of carbonyl (C=O) groups excluding carboxylic acids is 1. The van der Waals surface area contributed by atoms with Gasteiger partial charge in [-0.2, -0.15) is 4.52 Å². The van der Waals surface area contributed by atoms with Gasteiger partial charge in [0.05, 0.1) is 0 Å². The molecule has 3 aromatic heterocycles. The van der Waals surface area contributed by atoms with Gasteiger partial charge >= 0.3 is 0 Å². The molecule has 0 saturated carbocycles. The van der Waals surface area contributed by atoms with E-state index in [-0.39, 0.29) is 11.8 Å². The molecule has 0 aliphatic carbocycles. The van der Waals surface area contributed by atoms with Gasteiger partial charge in [-0.05, 0) is 25.0 Å². The molecule has 3 aromatic rings. The second-order valence-electron chi connectivity index (χ2n) is 5.41. The van der Waals surface area contributed by atoms with Gasteiger partial charge < -0.3 is 10.2 Å². The summed E-state index contributed by atoms with van der Waals surface area (Å²) < 4.78 is 1.66. The molecule has 0 radical (unpaired) electrons. The van der Waals surface area contributed by atoms with Gasteiger partial charge in [0.15, 0.2) is 10.8 Å². The van der Waals surface area contributed by atoms with Crippen molar-refractivity contribution in [3.8, 4) is 0 Å². The summed E-state index contributed by atoms with van der Waals surface area (Å²) in [6.45, 7) is 1.60. The fourth-order valence-corrected chi connectivity index (χ4v) is 3.28. The number of anilines is 2. The van der Waals surface area contributed by atoms with Crippen molar-refractivity contribution in [1.82, 2.24) is 24.8 Å². The zero-order chi connectivity index (χ0) is 15.6. The third-order valence-corrected chi connectivity index (χ3v) is 4.69. The topological polar surface area (TPSA) is 88.3 Å². The first-order valence-corrected chi connectivity index (χ1v) is 8.30. The molecule has 9 heteroatoms. The molecule has 1 aliphatic heterocycles. The second kappa shape index (κ2) is 5.92. The predicted octanol–water partition coefficient (Wildman–Crippen LogP) is 1.44. The summed E-state index contributed by atoms with van der Waals surface area (Å²) in [5.74, 6) is 0.965. The molecule has 4 heterocycles. The van der Waals surface area contributed by atoms with Gasteiger partial charge in [0.1, 0.15) is 12.1 Å². The van der Waals surface area contributed by atoms with Gasteiger partial charge in [0.25, 0.3) is 0 Å². The number of rotatable bonds is 3. The van der Waals surface area contributed by atoms with Crippen molar-refractivity contribution in [2.24, 2.45) is 5.92 Å². The van der Waals surface area contributed by atoms with Crippen LogP contribution in [0.1, 0.15) is 12.8 Å². The van der Waals surface area contributed by atoms with E-state index >= 15 is 0 Å². The van der Waals surface area contributed by atoms with Crippen LogP contribution in [0.5, 0.6) is 0 Å². The van der Waals surface area contributed by atoms with E-state index in [0.29, 0.717) is 5.13 Å². The Morgan fingerprint density at radius 2 is 2.17 bits per heavy atom. The molecular weight excluding hydrogens is 314 g/mol. The van der Waals surface area contributed by atoms with Crippen molar-refractivity contribution in [2.75, 3.05) is 23.3 Å². The molecule has 4 rings (SSSR count). The minimum atomic E-state index is 0.0220. The van der Waals surface area contributed by atoms with Crippen LogP contribution in [0.2, 0.25) is 0 Å². The molecule has 8 nitrogen and oxygen atoms in total. The lowest BCUT2D eigenvalue weighted by molar-refractivity contribution is -0.120. The van der Waals surface area contributed by atoms with Crippen LogP contribution >= 0.6 is 11.3 Å². The molecule has 0 atom stereocenters. The minimum absolute atomic E-state index is 0.0220. The van der Waals surface area contributed by atoms with Crippen molar-refractivity contribution >= 4 is 33.8 Å². The monoisotopic (exact) mass is 329 g/mol. The standard InChI is InChI=1S/C14H15N7OS/c22-13(17-14-15-5-8-23-14)10-3-6-20(7-4-10)12-2-1-11-18-16-9-21(11)19-12/h1-2,5,8-10H,3-4,6-7H2,(H,15,17,22). The van der Waals surface area contributed by atoms with Crippen LogP contribution in [-0.2, 0) is 4.79 Å². The lowest BCUT2D eigenvalue weighted by Gasteiger charge is -2.31. The van der Waals surface area contributed by atoms with Crippen LogP contribution in [0, 0.1) is 5.92 Å². The molecule has 118 valence electrons. The lowest BCUT2D eigenvalue weighted by Crippen LogP contribution is -2.38. The predicted molar refractivity (Wildman–Crippen MR) is 86.5 cm³/mol. The number of piperidine rings is 1. The number of nitrogens with zero attached hydrogens (tertiary/aromatic N) is 6. The lowest BCUT2D eigenvalue weighted by atomic mass is 9.96. The third-order valence-electron chi connectivity index (χ3n) is 4.00. The molecule has 1 N–H and O–H groups in total. The van der Waals surface area contributed by atoms with Crippen LogP contribution in [0.25, 0.3) is 5.65 Å². The van der Waals surface area contributed by atoms with E-state index in [9.17, 15) is 4.79 Å². The third kappa shape index (κ3) is 2.87. The first-order valence-electron chi connectivity index (χ1n) is 7.42. The van der Waals surface area contributed by atoms with E-state index in [1.54, 1.807) is 17.0 Å². The van der Waals surface area contributed by atoms with E-state index in [2.05, 4.69) is 30.5 Å². The average Bonchev–Trinajstić information content (AvgIpc) is 3.25. The Morgan fingerprint density at radius 1 is 1.30 bits per heavy atom. The second-order valence-corrected chi connectivity index (χ2v) is 6.31. The molecule has 1 aliphatic rings. The molecule has 23 heavy (non-hydrogen) atoms. The van der Waals surface area contributed by atoms with Crippen LogP contribution in [-0.4, -0.2) is 43.8 Å². The van der Waals surface area contributed by atoms with Gasteiger partial charge in [-0.15, -0.1) is 26.6 Å². The highest BCUT2D eigenvalue weighted by molar-refractivity contribution is 7.13. The number of thiazole rings is 1. The summed E-state index contributed by atoms with van der Waals surface area (Å²) in [6.07, 6.45) is 4.89. The van der Waals surface area contributed by atoms with Crippen LogP contribution in [0.4, 0.5) is 10.9 Å². The number of hydrogen-bond acceptors (Lipinski definition) is 7. The summed E-state index contributed by atoms with van der Waals surface area (Å²) in [6, 6.07) is 3.84. The van der Waals surface area contributed by atoms with Crippen molar-refractivity contribution in [3.05, 3.63) is 30.0 Å². The van der Waals surface area contributed by atoms with Gasteiger partial charge in [-0.25, -0.2) is 4.98 Å². The summed E-state index contributed by atoms with van der Waals surface area (Å²) >= 11 is 1.44. The first-order chi connectivity index (χ1) is 11.3. The maximum Gasteiger partial charge on any atom is 0.229 e. The fourth-order valence-electron chi connectivity index (χ4n) is 2.75. The minimum Gasteiger partial charge on any atom is -0.355 e. The van der Waals surface area contributed by atoms with Gasteiger partial charge in [-0.1, -0.05) is 0 Å². The van der Waals surface area contributed by atoms with Crippen molar-refractivity contribution < 1.29 is 4.79 Å². The molecule has 0 unspecified atom stereocenters. The Balaban J connectivity index is 1.39. The Morgan fingerprint density at radius 3 is 2.96 bits per heavy atom. The number of fused-ring (bicyclic) bond motifs is 1. The van der Waals surface area contributed by atoms with Crippen molar-refractivity contribution in [1.29, 1.82) is 0 Å². The smallest absolute Gasteiger partial charge is 0.229 e. The summed E-state index contributed by atoms with van der Waals surface area (Å²) in [4.78, 5) is 18.5. The molecule has 0 spiro atoms. The van der Waals surface area contributed by atoms with Crippen LogP contribution in [0.3, 0.4) is 0 Å². The zero-order valence-corrected chi connectivity index (χ0v) is 13.1. The molecule has 1 amide bonds.